The molecule has 1 aromatic carbocycles. The van der Waals surface area contributed by atoms with Crippen LogP contribution in [0.5, 0.6) is 0 Å². The Morgan fingerprint density at radius 2 is 1.90 bits per heavy atom. The first-order valence-corrected chi connectivity index (χ1v) is 8.23. The summed E-state index contributed by atoms with van der Waals surface area (Å²) in [6, 6.07) is 7.44. The fourth-order valence-electron chi connectivity index (χ4n) is 1.89. The third kappa shape index (κ3) is 3.87. The smallest absolute Gasteiger partial charge is 0.247 e. The molecule has 21 heavy (non-hydrogen) atoms. The van der Waals surface area contributed by atoms with E-state index in [1.807, 2.05) is 24.3 Å². The number of benzene rings is 1. The molecule has 2 rings (SSSR count). The molecule has 0 aliphatic carbocycles. The second kappa shape index (κ2) is 5.55. The predicted octanol–water partition coefficient (Wildman–Crippen LogP) is 0.980. The minimum atomic E-state index is -3.39. The van der Waals surface area contributed by atoms with Crippen LogP contribution in [-0.4, -0.2) is 24.8 Å². The topological polar surface area (TPSA) is 111 Å². The molecule has 2 aromatic rings. The van der Waals surface area contributed by atoms with Gasteiger partial charge >= 0.3 is 0 Å². The van der Waals surface area contributed by atoms with Crippen LogP contribution in [0.3, 0.4) is 0 Å². The first-order chi connectivity index (χ1) is 9.71. The van der Waals surface area contributed by atoms with E-state index in [0.717, 1.165) is 17.4 Å². The van der Waals surface area contributed by atoms with Gasteiger partial charge in [0, 0.05) is 12.1 Å². The lowest BCUT2D eigenvalue weighted by Gasteiger charge is -2.19. The minimum absolute atomic E-state index is 0.200. The maximum absolute atomic E-state index is 11.4. The average Bonchev–Trinajstić information content (AvgIpc) is 2.86. The van der Waals surface area contributed by atoms with E-state index in [9.17, 15) is 8.42 Å². The number of sulfonamides is 1. The van der Waals surface area contributed by atoms with Gasteiger partial charge in [-0.2, -0.15) is 4.98 Å². The van der Waals surface area contributed by atoms with Gasteiger partial charge in [-0.15, -0.1) is 0 Å². The van der Waals surface area contributed by atoms with Crippen LogP contribution in [0.15, 0.2) is 28.8 Å². The summed E-state index contributed by atoms with van der Waals surface area (Å²) in [4.78, 5) is 4.26. The van der Waals surface area contributed by atoms with Crippen LogP contribution in [-0.2, 0) is 22.1 Å². The zero-order valence-electron chi connectivity index (χ0n) is 12.1. The zero-order chi connectivity index (χ0) is 15.7. The van der Waals surface area contributed by atoms with Crippen LogP contribution in [0.1, 0.15) is 25.3 Å². The van der Waals surface area contributed by atoms with E-state index in [1.54, 1.807) is 13.8 Å². The first-order valence-electron chi connectivity index (χ1n) is 6.34. The Morgan fingerprint density at radius 1 is 1.29 bits per heavy atom. The summed E-state index contributed by atoms with van der Waals surface area (Å²) in [5, 5.41) is 3.89. The van der Waals surface area contributed by atoms with Crippen molar-refractivity contribution in [2.75, 3.05) is 6.26 Å². The molecule has 0 aliphatic rings. The molecule has 1 heterocycles. The van der Waals surface area contributed by atoms with Gasteiger partial charge in [-0.3, -0.25) is 0 Å². The van der Waals surface area contributed by atoms with Crippen LogP contribution in [0, 0.1) is 0 Å². The summed E-state index contributed by atoms with van der Waals surface area (Å²) in [7, 11) is -3.39. The molecule has 0 atom stereocenters. The van der Waals surface area contributed by atoms with E-state index >= 15 is 0 Å². The van der Waals surface area contributed by atoms with Gasteiger partial charge in [-0.1, -0.05) is 29.4 Å². The van der Waals surface area contributed by atoms with Gasteiger partial charge in [0.2, 0.25) is 21.7 Å². The molecule has 3 N–H and O–H groups in total. The van der Waals surface area contributed by atoms with Gasteiger partial charge in [0.25, 0.3) is 0 Å². The minimum Gasteiger partial charge on any atom is -0.337 e. The quantitative estimate of drug-likeness (QED) is 0.851. The SMILES string of the molecule is CC(C)(NS(C)(=O)=O)c1nc(-c2ccc(CN)cc2)no1. The van der Waals surface area contributed by atoms with E-state index in [4.69, 9.17) is 10.3 Å². The van der Waals surface area contributed by atoms with Gasteiger partial charge in [0.1, 0.15) is 5.54 Å². The number of rotatable bonds is 5. The van der Waals surface area contributed by atoms with Crippen molar-refractivity contribution in [2.24, 2.45) is 5.73 Å². The van der Waals surface area contributed by atoms with E-state index < -0.39 is 15.6 Å². The number of hydrogen-bond donors (Lipinski definition) is 2. The molecule has 114 valence electrons. The Labute approximate surface area is 123 Å². The van der Waals surface area contributed by atoms with Gasteiger partial charge in [-0.25, -0.2) is 13.1 Å². The van der Waals surface area contributed by atoms with Gasteiger partial charge in [0.15, 0.2) is 0 Å². The summed E-state index contributed by atoms with van der Waals surface area (Å²) in [6.45, 7) is 3.77. The van der Waals surface area contributed by atoms with Crippen molar-refractivity contribution in [1.82, 2.24) is 14.9 Å². The number of nitrogens with zero attached hydrogens (tertiary/aromatic N) is 2. The molecular formula is C13H18N4O3S. The molecule has 1 aromatic heterocycles. The molecule has 0 bridgehead atoms. The maximum Gasteiger partial charge on any atom is 0.247 e. The second-order valence-corrected chi connectivity index (χ2v) is 7.07. The Kier molecular flexibility index (Phi) is 4.13. The number of nitrogens with two attached hydrogens (primary N) is 1. The van der Waals surface area contributed by atoms with Crippen molar-refractivity contribution >= 4 is 10.0 Å². The summed E-state index contributed by atoms with van der Waals surface area (Å²) in [6.07, 6.45) is 1.08. The van der Waals surface area contributed by atoms with Crippen molar-refractivity contribution in [3.63, 3.8) is 0 Å². The molecule has 0 fully saturated rings. The third-order valence-electron chi connectivity index (χ3n) is 2.85. The van der Waals surface area contributed by atoms with E-state index in [-0.39, 0.29) is 5.89 Å². The second-order valence-electron chi connectivity index (χ2n) is 5.32. The maximum atomic E-state index is 11.4. The molecule has 0 spiro atoms. The Morgan fingerprint density at radius 3 is 2.43 bits per heavy atom. The lowest BCUT2D eigenvalue weighted by molar-refractivity contribution is 0.296. The molecule has 0 unspecified atom stereocenters. The fraction of sp³-hybridized carbons (Fsp3) is 0.385. The molecule has 0 radical (unpaired) electrons. The molecule has 0 saturated heterocycles. The van der Waals surface area contributed by atoms with Crippen LogP contribution in [0.25, 0.3) is 11.4 Å². The highest BCUT2D eigenvalue weighted by Gasteiger charge is 2.31. The Balaban J connectivity index is 2.28. The van der Waals surface area contributed by atoms with Crippen LogP contribution in [0.2, 0.25) is 0 Å². The highest BCUT2D eigenvalue weighted by Crippen LogP contribution is 2.23. The average molecular weight is 310 g/mol. The summed E-state index contributed by atoms with van der Waals surface area (Å²) in [5.41, 5.74) is 6.34. The highest BCUT2D eigenvalue weighted by molar-refractivity contribution is 7.88. The lowest BCUT2D eigenvalue weighted by Crippen LogP contribution is -2.40. The van der Waals surface area contributed by atoms with Crippen molar-refractivity contribution < 1.29 is 12.9 Å². The van der Waals surface area contributed by atoms with Crippen LogP contribution < -0.4 is 10.5 Å². The van der Waals surface area contributed by atoms with Crippen LogP contribution >= 0.6 is 0 Å². The Bertz CT molecular complexity index is 720. The highest BCUT2D eigenvalue weighted by atomic mass is 32.2. The lowest BCUT2D eigenvalue weighted by atomic mass is 10.1. The third-order valence-corrected chi connectivity index (χ3v) is 3.73. The number of aromatic nitrogens is 2. The molecule has 7 nitrogen and oxygen atoms in total. The summed E-state index contributed by atoms with van der Waals surface area (Å²) >= 11 is 0. The van der Waals surface area contributed by atoms with Crippen LogP contribution in [0.4, 0.5) is 0 Å². The molecule has 8 heteroatoms. The van der Waals surface area contributed by atoms with Gasteiger partial charge in [-0.05, 0) is 19.4 Å². The molecule has 0 amide bonds. The van der Waals surface area contributed by atoms with Gasteiger partial charge < -0.3 is 10.3 Å². The summed E-state index contributed by atoms with van der Waals surface area (Å²) in [5.74, 6) is 0.600. The van der Waals surface area contributed by atoms with Crippen molar-refractivity contribution in [1.29, 1.82) is 0 Å². The molecular weight excluding hydrogens is 292 g/mol. The normalized spacial score (nSPS) is 12.6. The summed E-state index contributed by atoms with van der Waals surface area (Å²) < 4.78 is 30.3. The monoisotopic (exact) mass is 310 g/mol. The molecule has 0 saturated carbocycles. The largest absolute Gasteiger partial charge is 0.337 e. The Hall–Kier alpha value is -1.77. The van der Waals surface area contributed by atoms with Crippen molar-refractivity contribution in [3.05, 3.63) is 35.7 Å². The predicted molar refractivity (Wildman–Crippen MR) is 78.6 cm³/mol. The van der Waals surface area contributed by atoms with Crippen molar-refractivity contribution in [2.45, 2.75) is 25.9 Å². The van der Waals surface area contributed by atoms with Gasteiger partial charge in [0.05, 0.1) is 6.26 Å². The first kappa shape index (κ1) is 15.6. The van der Waals surface area contributed by atoms with Crippen molar-refractivity contribution in [3.8, 4) is 11.4 Å². The molecule has 0 aliphatic heterocycles. The van der Waals surface area contributed by atoms with E-state index in [0.29, 0.717) is 12.4 Å². The number of hydrogen-bond acceptors (Lipinski definition) is 6. The standard InChI is InChI=1S/C13H18N4O3S/c1-13(2,17-21(3,18)19)12-15-11(16-20-12)10-6-4-9(8-14)5-7-10/h4-7,17H,8,14H2,1-3H3. The van der Waals surface area contributed by atoms with E-state index in [2.05, 4.69) is 14.9 Å². The zero-order valence-corrected chi connectivity index (χ0v) is 12.9. The number of nitrogens with one attached hydrogen (secondary N) is 1. The van der Waals surface area contributed by atoms with E-state index in [1.165, 1.54) is 0 Å². The fourth-order valence-corrected chi connectivity index (χ4v) is 2.91.